The number of halogens is 1. The predicted molar refractivity (Wildman–Crippen MR) is 110 cm³/mol. The van der Waals surface area contributed by atoms with Gasteiger partial charge in [-0.1, -0.05) is 23.7 Å². The Balaban J connectivity index is 1.41. The van der Waals surface area contributed by atoms with E-state index in [9.17, 15) is 4.79 Å². The van der Waals surface area contributed by atoms with Gasteiger partial charge >= 0.3 is 0 Å². The van der Waals surface area contributed by atoms with Gasteiger partial charge in [-0.25, -0.2) is 0 Å². The molecule has 1 aliphatic heterocycles. The van der Waals surface area contributed by atoms with Crippen LogP contribution in [0, 0.1) is 0 Å². The van der Waals surface area contributed by atoms with Crippen LogP contribution in [0.5, 0.6) is 0 Å². The minimum absolute atomic E-state index is 0.0936. The second-order valence-corrected chi connectivity index (χ2v) is 7.51. The van der Waals surface area contributed by atoms with Crippen LogP contribution in [0.25, 0.3) is 17.0 Å². The number of amides is 1. The second-order valence-electron chi connectivity index (χ2n) is 7.08. The number of nitrogens with zero attached hydrogens (tertiary/aromatic N) is 5. The third-order valence-corrected chi connectivity index (χ3v) is 5.30. The molecule has 28 heavy (non-hydrogen) atoms. The van der Waals surface area contributed by atoms with Crippen molar-refractivity contribution in [2.45, 2.75) is 0 Å². The minimum Gasteiger partial charge on any atom is -0.351 e. The SMILES string of the molecule is CN1CCN(CCNC(=O)c2ccn3c(-c4cccc(Cl)c4)nnc3c2)CC1. The lowest BCUT2D eigenvalue weighted by Gasteiger charge is -2.32. The molecule has 8 heteroatoms. The summed E-state index contributed by atoms with van der Waals surface area (Å²) in [6.07, 6.45) is 1.82. The van der Waals surface area contributed by atoms with Crippen molar-refractivity contribution in [3.05, 3.63) is 53.2 Å². The molecule has 3 heterocycles. The Morgan fingerprint density at radius 2 is 1.96 bits per heavy atom. The first-order valence-electron chi connectivity index (χ1n) is 9.40. The fourth-order valence-corrected chi connectivity index (χ4v) is 3.55. The molecule has 146 valence electrons. The van der Waals surface area contributed by atoms with Crippen LogP contribution < -0.4 is 5.32 Å². The second kappa shape index (κ2) is 8.26. The Hall–Kier alpha value is -2.48. The largest absolute Gasteiger partial charge is 0.351 e. The number of benzene rings is 1. The molecule has 3 aromatic rings. The fourth-order valence-electron chi connectivity index (χ4n) is 3.36. The van der Waals surface area contributed by atoms with E-state index in [1.807, 2.05) is 34.9 Å². The number of rotatable bonds is 5. The molecular weight excluding hydrogens is 376 g/mol. The Kier molecular flexibility index (Phi) is 5.57. The number of nitrogens with one attached hydrogen (secondary N) is 1. The highest BCUT2D eigenvalue weighted by molar-refractivity contribution is 6.30. The summed E-state index contributed by atoms with van der Waals surface area (Å²) in [7, 11) is 2.14. The number of aromatic nitrogens is 3. The monoisotopic (exact) mass is 398 g/mol. The van der Waals surface area contributed by atoms with E-state index in [4.69, 9.17) is 11.6 Å². The van der Waals surface area contributed by atoms with Gasteiger partial charge in [-0.3, -0.25) is 14.1 Å². The number of hydrogen-bond donors (Lipinski definition) is 1. The molecule has 0 radical (unpaired) electrons. The van der Waals surface area contributed by atoms with Crippen LogP contribution in [0.2, 0.25) is 5.02 Å². The highest BCUT2D eigenvalue weighted by Crippen LogP contribution is 2.22. The molecule has 4 rings (SSSR count). The first kappa shape index (κ1) is 18.9. The van der Waals surface area contributed by atoms with E-state index in [0.717, 1.165) is 38.3 Å². The maximum absolute atomic E-state index is 12.5. The maximum Gasteiger partial charge on any atom is 0.251 e. The van der Waals surface area contributed by atoms with Crippen LogP contribution >= 0.6 is 11.6 Å². The Bertz CT molecular complexity index is 980. The summed E-state index contributed by atoms with van der Waals surface area (Å²) in [6, 6.07) is 11.0. The van der Waals surface area contributed by atoms with Gasteiger partial charge in [0, 0.05) is 61.6 Å². The summed E-state index contributed by atoms with van der Waals surface area (Å²) in [5.74, 6) is 0.600. The Morgan fingerprint density at radius 3 is 2.75 bits per heavy atom. The van der Waals surface area contributed by atoms with E-state index in [0.29, 0.717) is 28.6 Å². The van der Waals surface area contributed by atoms with Crippen LogP contribution in [0.15, 0.2) is 42.6 Å². The van der Waals surface area contributed by atoms with Gasteiger partial charge in [0.2, 0.25) is 0 Å². The third-order valence-electron chi connectivity index (χ3n) is 5.06. The topological polar surface area (TPSA) is 65.8 Å². The quantitative estimate of drug-likeness (QED) is 0.712. The highest BCUT2D eigenvalue weighted by Gasteiger charge is 2.15. The van der Waals surface area contributed by atoms with Crippen LogP contribution in [0.4, 0.5) is 0 Å². The van der Waals surface area contributed by atoms with Crippen molar-refractivity contribution >= 4 is 23.2 Å². The van der Waals surface area contributed by atoms with E-state index in [2.05, 4.69) is 32.4 Å². The predicted octanol–water partition coefficient (Wildman–Crippen LogP) is 2.03. The lowest BCUT2D eigenvalue weighted by Crippen LogP contribution is -2.46. The average Bonchev–Trinajstić information content (AvgIpc) is 3.12. The van der Waals surface area contributed by atoms with E-state index in [1.54, 1.807) is 12.1 Å². The number of pyridine rings is 1. The van der Waals surface area contributed by atoms with Crippen molar-refractivity contribution in [2.75, 3.05) is 46.3 Å². The van der Waals surface area contributed by atoms with Crippen molar-refractivity contribution in [1.82, 2.24) is 29.7 Å². The molecule has 7 nitrogen and oxygen atoms in total. The average molecular weight is 399 g/mol. The standard InChI is InChI=1S/C20H23ClN6O/c1-25-9-11-26(12-10-25)8-6-22-20(28)16-5-7-27-18(14-16)23-24-19(27)15-3-2-4-17(21)13-15/h2-5,7,13-14H,6,8-12H2,1H3,(H,22,28). The van der Waals surface area contributed by atoms with Crippen molar-refractivity contribution < 1.29 is 4.79 Å². The number of likely N-dealkylation sites (N-methyl/N-ethyl adjacent to an activating group) is 1. The zero-order valence-corrected chi connectivity index (χ0v) is 16.6. The van der Waals surface area contributed by atoms with Gasteiger partial charge in [-0.15, -0.1) is 10.2 Å². The van der Waals surface area contributed by atoms with E-state index < -0.39 is 0 Å². The molecule has 1 amide bonds. The first-order valence-corrected chi connectivity index (χ1v) is 9.78. The van der Waals surface area contributed by atoms with Gasteiger partial charge in [0.1, 0.15) is 0 Å². The molecule has 0 bridgehead atoms. The smallest absolute Gasteiger partial charge is 0.251 e. The van der Waals surface area contributed by atoms with Crippen molar-refractivity contribution in [3.8, 4) is 11.4 Å². The molecule has 1 aromatic carbocycles. The summed E-state index contributed by atoms with van der Waals surface area (Å²) < 4.78 is 1.85. The summed E-state index contributed by atoms with van der Waals surface area (Å²) in [6.45, 7) is 5.74. The van der Waals surface area contributed by atoms with Gasteiger partial charge in [0.15, 0.2) is 11.5 Å². The number of carbonyl (C=O) groups excluding carboxylic acids is 1. The molecule has 1 aliphatic rings. The number of hydrogen-bond acceptors (Lipinski definition) is 5. The van der Waals surface area contributed by atoms with Crippen LogP contribution in [-0.2, 0) is 0 Å². The van der Waals surface area contributed by atoms with Gasteiger partial charge in [0.25, 0.3) is 5.91 Å². The normalized spacial score (nSPS) is 15.8. The summed E-state index contributed by atoms with van der Waals surface area (Å²) >= 11 is 6.08. The molecule has 0 atom stereocenters. The zero-order valence-electron chi connectivity index (χ0n) is 15.8. The molecule has 1 fully saturated rings. The van der Waals surface area contributed by atoms with Crippen molar-refractivity contribution in [1.29, 1.82) is 0 Å². The highest BCUT2D eigenvalue weighted by atomic mass is 35.5. The molecule has 0 spiro atoms. The summed E-state index contributed by atoms with van der Waals surface area (Å²) in [5.41, 5.74) is 2.09. The third kappa shape index (κ3) is 4.16. The lowest BCUT2D eigenvalue weighted by atomic mass is 10.2. The van der Waals surface area contributed by atoms with Gasteiger partial charge in [-0.05, 0) is 31.3 Å². The molecule has 0 saturated carbocycles. The van der Waals surface area contributed by atoms with Gasteiger partial charge < -0.3 is 10.2 Å². The molecule has 1 N–H and O–H groups in total. The molecular formula is C20H23ClN6O. The molecule has 0 aliphatic carbocycles. The first-order chi connectivity index (χ1) is 13.6. The summed E-state index contributed by atoms with van der Waals surface area (Å²) in [5, 5.41) is 12.1. The molecule has 0 unspecified atom stereocenters. The van der Waals surface area contributed by atoms with E-state index >= 15 is 0 Å². The van der Waals surface area contributed by atoms with E-state index in [-0.39, 0.29) is 5.91 Å². The number of fused-ring (bicyclic) bond motifs is 1. The minimum atomic E-state index is -0.0936. The van der Waals surface area contributed by atoms with Crippen molar-refractivity contribution in [2.24, 2.45) is 0 Å². The fraction of sp³-hybridized carbons (Fsp3) is 0.350. The van der Waals surface area contributed by atoms with Crippen LogP contribution in [0.1, 0.15) is 10.4 Å². The van der Waals surface area contributed by atoms with Gasteiger partial charge in [0.05, 0.1) is 0 Å². The molecule has 2 aromatic heterocycles. The zero-order chi connectivity index (χ0) is 19.5. The van der Waals surface area contributed by atoms with Crippen molar-refractivity contribution in [3.63, 3.8) is 0 Å². The maximum atomic E-state index is 12.5. The lowest BCUT2D eigenvalue weighted by molar-refractivity contribution is 0.0941. The van der Waals surface area contributed by atoms with Crippen LogP contribution in [0.3, 0.4) is 0 Å². The summed E-state index contributed by atoms with van der Waals surface area (Å²) in [4.78, 5) is 17.2. The van der Waals surface area contributed by atoms with E-state index in [1.165, 1.54) is 0 Å². The Morgan fingerprint density at radius 1 is 1.14 bits per heavy atom. The molecule has 1 saturated heterocycles. The number of carbonyl (C=O) groups is 1. The Labute approximate surface area is 168 Å². The van der Waals surface area contributed by atoms with Gasteiger partial charge in [-0.2, -0.15) is 0 Å². The van der Waals surface area contributed by atoms with Crippen LogP contribution in [-0.4, -0.2) is 76.6 Å². The number of piperazine rings is 1.